The number of rotatable bonds is 8. The maximum atomic E-state index is 11.7. The average molecular weight is 244 g/mol. The van der Waals surface area contributed by atoms with E-state index < -0.39 is 0 Å². The van der Waals surface area contributed by atoms with Crippen LogP contribution >= 0.6 is 0 Å². The SMILES string of the molecule is CCC(C(=O)NN)N(CCN(C)C)CC(C)C. The third kappa shape index (κ3) is 6.61. The van der Waals surface area contributed by atoms with Crippen LogP contribution in [0, 0.1) is 5.92 Å². The average Bonchev–Trinajstić information content (AvgIpc) is 2.25. The molecule has 0 saturated carbocycles. The topological polar surface area (TPSA) is 61.6 Å². The predicted molar refractivity (Wildman–Crippen MR) is 71.4 cm³/mol. The summed E-state index contributed by atoms with van der Waals surface area (Å²) < 4.78 is 0. The van der Waals surface area contributed by atoms with Gasteiger partial charge in [-0.2, -0.15) is 0 Å². The number of nitrogens with zero attached hydrogens (tertiary/aromatic N) is 2. The van der Waals surface area contributed by atoms with Crippen molar-refractivity contribution in [2.75, 3.05) is 33.7 Å². The Bertz CT molecular complexity index is 219. The van der Waals surface area contributed by atoms with Gasteiger partial charge in [0.2, 0.25) is 0 Å². The summed E-state index contributed by atoms with van der Waals surface area (Å²) in [5.74, 6) is 5.68. The maximum Gasteiger partial charge on any atom is 0.251 e. The second-order valence-corrected chi connectivity index (χ2v) is 5.12. The highest BCUT2D eigenvalue weighted by Crippen LogP contribution is 2.08. The molecule has 0 spiro atoms. The normalized spacial score (nSPS) is 13.5. The first-order valence-corrected chi connectivity index (χ1v) is 6.31. The molecule has 5 heteroatoms. The lowest BCUT2D eigenvalue weighted by atomic mass is 10.1. The Balaban J connectivity index is 4.55. The molecule has 0 aromatic rings. The van der Waals surface area contributed by atoms with Crippen molar-refractivity contribution in [1.29, 1.82) is 0 Å². The van der Waals surface area contributed by atoms with Gasteiger partial charge >= 0.3 is 0 Å². The molecule has 5 nitrogen and oxygen atoms in total. The Morgan fingerprint density at radius 2 is 1.88 bits per heavy atom. The Hall–Kier alpha value is -0.650. The monoisotopic (exact) mass is 244 g/mol. The summed E-state index contributed by atoms with van der Waals surface area (Å²) in [6, 6.07) is -0.123. The van der Waals surface area contributed by atoms with Crippen LogP contribution in [0.4, 0.5) is 0 Å². The second-order valence-electron chi connectivity index (χ2n) is 5.12. The van der Waals surface area contributed by atoms with Gasteiger partial charge in [-0.05, 0) is 26.4 Å². The molecular formula is C12H28N4O. The molecule has 0 heterocycles. The minimum Gasteiger partial charge on any atom is -0.308 e. The first-order valence-electron chi connectivity index (χ1n) is 6.31. The second kappa shape index (κ2) is 8.44. The lowest BCUT2D eigenvalue weighted by Gasteiger charge is -2.31. The van der Waals surface area contributed by atoms with Crippen LogP contribution in [0.25, 0.3) is 0 Å². The summed E-state index contributed by atoms with van der Waals surface area (Å²) in [6.07, 6.45) is 0.781. The minimum absolute atomic E-state index is 0.0908. The fraction of sp³-hybridized carbons (Fsp3) is 0.917. The Kier molecular flexibility index (Phi) is 8.12. The van der Waals surface area contributed by atoms with Crippen molar-refractivity contribution < 1.29 is 4.79 Å². The Morgan fingerprint density at radius 1 is 1.29 bits per heavy atom. The molecule has 0 aliphatic carbocycles. The molecule has 1 amide bonds. The Labute approximate surface area is 105 Å². The molecule has 0 bridgehead atoms. The minimum atomic E-state index is -0.123. The summed E-state index contributed by atoms with van der Waals surface area (Å²) in [5.41, 5.74) is 2.26. The number of hydrogen-bond acceptors (Lipinski definition) is 4. The number of carbonyl (C=O) groups excluding carboxylic acids is 1. The fourth-order valence-corrected chi connectivity index (χ4v) is 1.88. The van der Waals surface area contributed by atoms with E-state index >= 15 is 0 Å². The van der Waals surface area contributed by atoms with Crippen molar-refractivity contribution in [2.24, 2.45) is 11.8 Å². The summed E-state index contributed by atoms with van der Waals surface area (Å²) in [5, 5.41) is 0. The highest BCUT2D eigenvalue weighted by Gasteiger charge is 2.23. The first kappa shape index (κ1) is 16.4. The quantitative estimate of drug-likeness (QED) is 0.366. The lowest BCUT2D eigenvalue weighted by molar-refractivity contribution is -0.127. The molecule has 1 unspecified atom stereocenters. The summed E-state index contributed by atoms with van der Waals surface area (Å²) >= 11 is 0. The molecule has 0 radical (unpaired) electrons. The van der Waals surface area contributed by atoms with Gasteiger partial charge in [0.1, 0.15) is 0 Å². The van der Waals surface area contributed by atoms with Crippen LogP contribution in [0.3, 0.4) is 0 Å². The molecule has 17 heavy (non-hydrogen) atoms. The third-order valence-corrected chi connectivity index (χ3v) is 2.71. The predicted octanol–water partition coefficient (Wildman–Crippen LogP) is 0.275. The zero-order chi connectivity index (χ0) is 13.4. The molecule has 3 N–H and O–H groups in total. The summed E-state index contributed by atoms with van der Waals surface area (Å²) in [6.45, 7) is 9.09. The van der Waals surface area contributed by atoms with Gasteiger partial charge in [-0.15, -0.1) is 0 Å². The number of hydrogen-bond donors (Lipinski definition) is 2. The van der Waals surface area contributed by atoms with Gasteiger partial charge < -0.3 is 4.90 Å². The first-order chi connectivity index (χ1) is 7.92. The standard InChI is InChI=1S/C12H28N4O/c1-6-11(12(17)14-13)16(9-10(2)3)8-7-15(4)5/h10-11H,6-9,13H2,1-5H3,(H,14,17). The van der Waals surface area contributed by atoms with E-state index in [0.717, 1.165) is 26.1 Å². The van der Waals surface area contributed by atoms with E-state index in [4.69, 9.17) is 5.84 Å². The summed E-state index contributed by atoms with van der Waals surface area (Å²) in [4.78, 5) is 16.1. The van der Waals surface area contributed by atoms with Crippen molar-refractivity contribution in [3.63, 3.8) is 0 Å². The number of carbonyl (C=O) groups is 1. The molecule has 0 aromatic heterocycles. The lowest BCUT2D eigenvalue weighted by Crippen LogP contribution is -2.51. The number of nitrogens with one attached hydrogen (secondary N) is 1. The van der Waals surface area contributed by atoms with E-state index in [1.54, 1.807) is 0 Å². The molecule has 0 fully saturated rings. The van der Waals surface area contributed by atoms with E-state index in [-0.39, 0.29) is 11.9 Å². The zero-order valence-corrected chi connectivity index (χ0v) is 11.9. The number of nitrogens with two attached hydrogens (primary N) is 1. The van der Waals surface area contributed by atoms with Crippen LogP contribution in [-0.2, 0) is 4.79 Å². The Morgan fingerprint density at radius 3 is 2.24 bits per heavy atom. The van der Waals surface area contributed by atoms with Gasteiger partial charge in [0.05, 0.1) is 6.04 Å². The number of amides is 1. The van der Waals surface area contributed by atoms with E-state index in [9.17, 15) is 4.79 Å². The van der Waals surface area contributed by atoms with Crippen molar-refractivity contribution in [3.05, 3.63) is 0 Å². The van der Waals surface area contributed by atoms with E-state index in [2.05, 4.69) is 29.1 Å². The molecule has 102 valence electrons. The van der Waals surface area contributed by atoms with Gasteiger partial charge in [0.25, 0.3) is 5.91 Å². The van der Waals surface area contributed by atoms with Gasteiger partial charge in [-0.1, -0.05) is 20.8 Å². The van der Waals surface area contributed by atoms with E-state index in [1.807, 2.05) is 21.0 Å². The van der Waals surface area contributed by atoms with Crippen LogP contribution < -0.4 is 11.3 Å². The van der Waals surface area contributed by atoms with E-state index in [1.165, 1.54) is 0 Å². The van der Waals surface area contributed by atoms with Gasteiger partial charge in [-0.25, -0.2) is 5.84 Å². The van der Waals surface area contributed by atoms with Crippen LogP contribution in [0.1, 0.15) is 27.2 Å². The van der Waals surface area contributed by atoms with Gasteiger partial charge in [0, 0.05) is 19.6 Å². The molecular weight excluding hydrogens is 216 g/mol. The zero-order valence-electron chi connectivity index (χ0n) is 11.9. The van der Waals surface area contributed by atoms with Crippen molar-refractivity contribution in [3.8, 4) is 0 Å². The van der Waals surface area contributed by atoms with Crippen molar-refractivity contribution in [1.82, 2.24) is 15.2 Å². The van der Waals surface area contributed by atoms with Crippen LogP contribution in [0.5, 0.6) is 0 Å². The van der Waals surface area contributed by atoms with Crippen LogP contribution in [0.2, 0.25) is 0 Å². The maximum absolute atomic E-state index is 11.7. The van der Waals surface area contributed by atoms with Crippen molar-refractivity contribution >= 4 is 5.91 Å². The highest BCUT2D eigenvalue weighted by molar-refractivity contribution is 5.81. The smallest absolute Gasteiger partial charge is 0.251 e. The third-order valence-electron chi connectivity index (χ3n) is 2.71. The van der Waals surface area contributed by atoms with Gasteiger partial charge in [-0.3, -0.25) is 15.1 Å². The number of likely N-dealkylation sites (N-methyl/N-ethyl adjacent to an activating group) is 1. The van der Waals surface area contributed by atoms with Crippen LogP contribution in [0.15, 0.2) is 0 Å². The molecule has 0 saturated heterocycles. The highest BCUT2D eigenvalue weighted by atomic mass is 16.2. The molecule has 0 aliphatic heterocycles. The molecule has 1 atom stereocenters. The van der Waals surface area contributed by atoms with Crippen LogP contribution in [-0.4, -0.2) is 55.5 Å². The fourth-order valence-electron chi connectivity index (χ4n) is 1.88. The van der Waals surface area contributed by atoms with E-state index in [0.29, 0.717) is 5.92 Å². The van der Waals surface area contributed by atoms with Gasteiger partial charge in [0.15, 0.2) is 0 Å². The molecule has 0 aliphatic rings. The molecule has 0 rings (SSSR count). The largest absolute Gasteiger partial charge is 0.308 e. The summed E-state index contributed by atoms with van der Waals surface area (Å²) in [7, 11) is 4.08. The van der Waals surface area contributed by atoms with Crippen molar-refractivity contribution in [2.45, 2.75) is 33.2 Å². The molecule has 0 aromatic carbocycles. The number of hydrazine groups is 1.